The van der Waals surface area contributed by atoms with E-state index in [1.807, 2.05) is 12.2 Å². The highest BCUT2D eigenvalue weighted by molar-refractivity contribution is 5.92. The maximum atomic E-state index is 13.9. The van der Waals surface area contributed by atoms with Gasteiger partial charge in [0.15, 0.2) is 0 Å². The Bertz CT molecular complexity index is 1350. The summed E-state index contributed by atoms with van der Waals surface area (Å²) in [6, 6.07) is 1.02. The lowest BCUT2D eigenvalue weighted by molar-refractivity contribution is -0.120. The number of alkyl halides is 2. The number of hydrogen-bond acceptors (Lipinski definition) is 6. The van der Waals surface area contributed by atoms with Crippen LogP contribution in [0, 0.1) is 11.8 Å². The van der Waals surface area contributed by atoms with Crippen molar-refractivity contribution in [2.75, 3.05) is 0 Å². The van der Waals surface area contributed by atoms with Gasteiger partial charge in [-0.1, -0.05) is 12.2 Å². The Labute approximate surface area is 211 Å². The van der Waals surface area contributed by atoms with Crippen LogP contribution < -0.4 is 5.32 Å². The number of imidazole rings is 1. The van der Waals surface area contributed by atoms with Crippen molar-refractivity contribution in [1.82, 2.24) is 34.7 Å². The summed E-state index contributed by atoms with van der Waals surface area (Å²) in [5, 5.41) is 11.6. The van der Waals surface area contributed by atoms with E-state index in [9.17, 15) is 18.4 Å². The SMILES string of the molecule is Cn1nccc1C(=O)N[C@H](c1cn2nc(C/C=C/C3CCC=NC3=O)cnc2n1)C1CCC(F)(F)CC1. The number of nitrogens with one attached hydrogen (secondary N) is 1. The number of aryl methyl sites for hydroxylation is 1. The molecule has 0 radical (unpaired) electrons. The van der Waals surface area contributed by atoms with Gasteiger partial charge < -0.3 is 5.32 Å². The van der Waals surface area contributed by atoms with Gasteiger partial charge in [-0.2, -0.15) is 10.2 Å². The Kier molecular flexibility index (Phi) is 6.90. The number of aliphatic imine (C=N–C) groups is 1. The van der Waals surface area contributed by atoms with E-state index in [0.717, 1.165) is 12.8 Å². The Morgan fingerprint density at radius 2 is 2.11 bits per heavy atom. The molecule has 10 nitrogen and oxygen atoms in total. The predicted molar refractivity (Wildman–Crippen MR) is 130 cm³/mol. The second-order valence-electron chi connectivity index (χ2n) is 9.61. The largest absolute Gasteiger partial charge is 0.342 e. The molecule has 0 spiro atoms. The fourth-order valence-electron chi connectivity index (χ4n) is 4.88. The van der Waals surface area contributed by atoms with Crippen LogP contribution in [0.1, 0.15) is 66.4 Å². The van der Waals surface area contributed by atoms with Crippen LogP contribution in [0.3, 0.4) is 0 Å². The average molecular weight is 511 g/mol. The Morgan fingerprint density at radius 1 is 1.30 bits per heavy atom. The quantitative estimate of drug-likeness (QED) is 0.488. The molecular formula is C25H28F2N8O2. The van der Waals surface area contributed by atoms with E-state index in [4.69, 9.17) is 0 Å². The third kappa shape index (κ3) is 5.62. The van der Waals surface area contributed by atoms with Gasteiger partial charge in [-0.15, -0.1) is 0 Å². The minimum absolute atomic E-state index is 0.136. The van der Waals surface area contributed by atoms with Crippen LogP contribution in [-0.2, 0) is 18.3 Å². The van der Waals surface area contributed by atoms with Crippen LogP contribution in [0.4, 0.5) is 8.78 Å². The van der Waals surface area contributed by atoms with E-state index in [1.54, 1.807) is 31.7 Å². The van der Waals surface area contributed by atoms with E-state index in [0.29, 0.717) is 29.3 Å². The number of rotatable bonds is 7. The smallest absolute Gasteiger partial charge is 0.270 e. The van der Waals surface area contributed by atoms with Crippen LogP contribution >= 0.6 is 0 Å². The number of fused-ring (bicyclic) bond motifs is 1. The van der Waals surface area contributed by atoms with Crippen molar-refractivity contribution in [3.05, 3.63) is 53.9 Å². The topological polar surface area (TPSA) is 119 Å². The van der Waals surface area contributed by atoms with E-state index in [-0.39, 0.29) is 49.3 Å². The van der Waals surface area contributed by atoms with Crippen molar-refractivity contribution < 1.29 is 18.4 Å². The Hall–Kier alpha value is -3.83. The molecule has 0 aromatic carbocycles. The molecule has 3 aromatic rings. The van der Waals surface area contributed by atoms with Gasteiger partial charge in [-0.05, 0) is 37.7 Å². The fraction of sp³-hybridized carbons (Fsp3) is 0.480. The second-order valence-corrected chi connectivity index (χ2v) is 9.61. The van der Waals surface area contributed by atoms with Crippen LogP contribution in [0.5, 0.6) is 0 Å². The third-order valence-electron chi connectivity index (χ3n) is 6.98. The molecule has 0 bridgehead atoms. The first-order valence-corrected chi connectivity index (χ1v) is 12.4. The van der Waals surface area contributed by atoms with Gasteiger partial charge in [-0.3, -0.25) is 14.3 Å². The summed E-state index contributed by atoms with van der Waals surface area (Å²) in [7, 11) is 1.66. The zero-order valence-electron chi connectivity index (χ0n) is 20.4. The standard InChI is InChI=1S/C25H28F2N8O2/c1-34-20(9-13-30-34)23(37)32-21(16-7-10-25(26,27)11-8-16)19-15-35-24(31-19)29-14-18(33-35)6-2-4-17-5-3-12-28-22(17)36/h2,4,9,12-17,21H,3,5-8,10-11H2,1H3,(H,32,37)/b4-2+/t17?,21-/m0/s1. The summed E-state index contributed by atoms with van der Waals surface area (Å²) in [6.45, 7) is 0. The van der Waals surface area contributed by atoms with Gasteiger partial charge in [0, 0.05) is 38.7 Å². The molecular weight excluding hydrogens is 482 g/mol. The first-order valence-electron chi connectivity index (χ1n) is 12.4. The van der Waals surface area contributed by atoms with Crippen LogP contribution in [0.15, 0.2) is 41.8 Å². The summed E-state index contributed by atoms with van der Waals surface area (Å²) in [5.74, 6) is -3.25. The number of hydrogen-bond donors (Lipinski definition) is 1. The van der Waals surface area contributed by atoms with Crippen LogP contribution in [-0.4, -0.2) is 53.3 Å². The van der Waals surface area contributed by atoms with Gasteiger partial charge in [0.1, 0.15) is 5.69 Å². The first kappa shape index (κ1) is 24.8. The van der Waals surface area contributed by atoms with Gasteiger partial charge in [-0.25, -0.2) is 28.3 Å². The lowest BCUT2D eigenvalue weighted by atomic mass is 9.81. The van der Waals surface area contributed by atoms with Gasteiger partial charge >= 0.3 is 0 Å². The van der Waals surface area contributed by atoms with Gasteiger partial charge in [0.05, 0.1) is 35.7 Å². The highest BCUT2D eigenvalue weighted by Crippen LogP contribution is 2.41. The molecule has 1 aliphatic heterocycles. The molecule has 1 N–H and O–H groups in total. The minimum atomic E-state index is -2.69. The minimum Gasteiger partial charge on any atom is -0.342 e. The molecule has 2 atom stereocenters. The van der Waals surface area contributed by atoms with E-state index >= 15 is 0 Å². The van der Waals surface area contributed by atoms with Crippen molar-refractivity contribution >= 4 is 23.8 Å². The van der Waals surface area contributed by atoms with E-state index in [1.165, 1.54) is 15.4 Å². The summed E-state index contributed by atoms with van der Waals surface area (Å²) >= 11 is 0. The Balaban J connectivity index is 1.36. The molecule has 1 saturated carbocycles. The van der Waals surface area contributed by atoms with Gasteiger partial charge in [0.25, 0.3) is 17.6 Å². The number of amides is 2. The van der Waals surface area contributed by atoms with Crippen molar-refractivity contribution in [1.29, 1.82) is 0 Å². The van der Waals surface area contributed by atoms with Crippen LogP contribution in [0.2, 0.25) is 0 Å². The molecule has 2 aliphatic rings. The first-order chi connectivity index (χ1) is 17.8. The summed E-state index contributed by atoms with van der Waals surface area (Å²) in [6.07, 6.45) is 12.3. The zero-order valence-corrected chi connectivity index (χ0v) is 20.4. The number of aromatic nitrogens is 6. The van der Waals surface area contributed by atoms with Crippen molar-refractivity contribution in [3.8, 4) is 0 Å². The van der Waals surface area contributed by atoms with Crippen molar-refractivity contribution in [2.24, 2.45) is 23.9 Å². The average Bonchev–Trinajstić information content (AvgIpc) is 3.49. The summed E-state index contributed by atoms with van der Waals surface area (Å²) in [4.78, 5) is 37.7. The molecule has 12 heteroatoms. The number of nitrogens with zero attached hydrogens (tertiary/aromatic N) is 7. The molecule has 5 rings (SSSR count). The molecule has 0 saturated heterocycles. The normalized spacial score (nSPS) is 21.1. The van der Waals surface area contributed by atoms with Crippen molar-refractivity contribution in [2.45, 2.75) is 56.9 Å². The third-order valence-corrected chi connectivity index (χ3v) is 6.98. The summed E-state index contributed by atoms with van der Waals surface area (Å²) < 4.78 is 30.7. The number of carbonyl (C=O) groups is 2. The number of halogens is 2. The molecule has 4 heterocycles. The highest BCUT2D eigenvalue weighted by Gasteiger charge is 2.39. The lowest BCUT2D eigenvalue weighted by Gasteiger charge is -2.33. The highest BCUT2D eigenvalue weighted by atomic mass is 19.3. The molecule has 194 valence electrons. The predicted octanol–water partition coefficient (Wildman–Crippen LogP) is 3.26. The molecule has 1 fully saturated rings. The molecule has 3 aromatic heterocycles. The number of carbonyl (C=O) groups excluding carboxylic acids is 2. The summed E-state index contributed by atoms with van der Waals surface area (Å²) in [5.41, 5.74) is 1.55. The van der Waals surface area contributed by atoms with Gasteiger partial charge in [0.2, 0.25) is 5.92 Å². The molecule has 2 amide bonds. The number of allylic oxidation sites excluding steroid dienone is 1. The van der Waals surface area contributed by atoms with Crippen LogP contribution in [0.25, 0.3) is 5.78 Å². The fourth-order valence-corrected chi connectivity index (χ4v) is 4.88. The molecule has 37 heavy (non-hydrogen) atoms. The maximum absolute atomic E-state index is 13.9. The maximum Gasteiger partial charge on any atom is 0.270 e. The molecule has 1 unspecified atom stereocenters. The lowest BCUT2D eigenvalue weighted by Crippen LogP contribution is -2.38. The second kappa shape index (κ2) is 10.3. The monoisotopic (exact) mass is 510 g/mol. The van der Waals surface area contributed by atoms with E-state index in [2.05, 4.69) is 30.5 Å². The molecule has 1 aliphatic carbocycles. The van der Waals surface area contributed by atoms with E-state index < -0.39 is 12.0 Å². The zero-order chi connectivity index (χ0) is 26.0. The van der Waals surface area contributed by atoms with Crippen molar-refractivity contribution in [3.63, 3.8) is 0 Å². The Morgan fingerprint density at radius 3 is 2.84 bits per heavy atom.